The van der Waals surface area contributed by atoms with Gasteiger partial charge in [0.05, 0.1) is 6.20 Å². The fourth-order valence-corrected chi connectivity index (χ4v) is 2.76. The fourth-order valence-electron chi connectivity index (χ4n) is 1.34. The number of nitrogens with zero attached hydrogens (tertiary/aromatic N) is 3. The van der Waals surface area contributed by atoms with Gasteiger partial charge in [-0.25, -0.2) is 15.0 Å². The van der Waals surface area contributed by atoms with Gasteiger partial charge < -0.3 is 0 Å². The van der Waals surface area contributed by atoms with Crippen LogP contribution in [0.15, 0.2) is 6.20 Å². The zero-order chi connectivity index (χ0) is 12.4. The molecule has 2 rings (SSSR count). The second kappa shape index (κ2) is 5.48. The lowest BCUT2D eigenvalue weighted by Gasteiger charge is -2.05. The smallest absolute Gasteiger partial charge is 0.191 e. The zero-order valence-electron chi connectivity index (χ0n) is 8.88. The predicted molar refractivity (Wildman–Crippen MR) is 72.2 cm³/mol. The largest absolute Gasteiger partial charge is 0.240 e. The highest BCUT2D eigenvalue weighted by atomic mass is 35.5. The highest BCUT2D eigenvalue weighted by Crippen LogP contribution is 2.30. The summed E-state index contributed by atoms with van der Waals surface area (Å²) in [6.45, 7) is 2.04. The van der Waals surface area contributed by atoms with Gasteiger partial charge in [0.1, 0.15) is 14.6 Å². The summed E-state index contributed by atoms with van der Waals surface area (Å²) in [5.74, 6) is 0.414. The van der Waals surface area contributed by atoms with Crippen LogP contribution in [0.2, 0.25) is 14.6 Å². The molecule has 0 saturated heterocycles. The highest BCUT2D eigenvalue weighted by Gasteiger charge is 2.14. The van der Waals surface area contributed by atoms with Crippen molar-refractivity contribution in [3.63, 3.8) is 0 Å². The van der Waals surface area contributed by atoms with E-state index in [1.807, 2.05) is 6.92 Å². The third-order valence-corrected chi connectivity index (χ3v) is 3.81. The molecule has 17 heavy (non-hydrogen) atoms. The van der Waals surface area contributed by atoms with Gasteiger partial charge in [-0.2, -0.15) is 0 Å². The van der Waals surface area contributed by atoms with Crippen LogP contribution < -0.4 is 0 Å². The second-order valence-corrected chi connectivity index (χ2v) is 5.70. The van der Waals surface area contributed by atoms with Crippen LogP contribution in [0, 0.1) is 0 Å². The third kappa shape index (κ3) is 2.88. The van der Waals surface area contributed by atoms with Gasteiger partial charge in [-0.1, -0.05) is 59.5 Å². The molecule has 3 nitrogen and oxygen atoms in total. The number of aromatic nitrogens is 3. The van der Waals surface area contributed by atoms with Crippen molar-refractivity contribution in [3.05, 3.63) is 26.4 Å². The van der Waals surface area contributed by atoms with Crippen LogP contribution >= 0.6 is 46.1 Å². The van der Waals surface area contributed by atoms with Gasteiger partial charge in [0.25, 0.3) is 0 Å². The number of halogens is 3. The van der Waals surface area contributed by atoms with E-state index < -0.39 is 0 Å². The van der Waals surface area contributed by atoms with Crippen molar-refractivity contribution in [2.24, 2.45) is 0 Å². The van der Waals surface area contributed by atoms with Crippen LogP contribution in [0.1, 0.15) is 18.9 Å². The maximum Gasteiger partial charge on any atom is 0.191 e. The molecule has 0 amide bonds. The van der Waals surface area contributed by atoms with Crippen LogP contribution in [0.3, 0.4) is 0 Å². The minimum Gasteiger partial charge on any atom is -0.240 e. The molecule has 2 aromatic heterocycles. The van der Waals surface area contributed by atoms with E-state index in [0.29, 0.717) is 25.5 Å². The first-order chi connectivity index (χ1) is 8.11. The van der Waals surface area contributed by atoms with Crippen LogP contribution in [0.25, 0.3) is 10.8 Å². The molecular weight excluding hydrogens is 301 g/mol. The normalized spacial score (nSPS) is 10.8. The van der Waals surface area contributed by atoms with E-state index in [9.17, 15) is 0 Å². The lowest BCUT2D eigenvalue weighted by atomic mass is 10.2. The average Bonchev–Trinajstić information content (AvgIpc) is 2.70. The molecule has 7 heteroatoms. The maximum atomic E-state index is 6.08. The number of hydrogen-bond donors (Lipinski definition) is 0. The molecule has 0 radical (unpaired) electrons. The molecule has 0 spiro atoms. The SMILES string of the molecule is CCCc1c(Cl)nc(-c2ncc(Cl)s2)nc1Cl. The van der Waals surface area contributed by atoms with Crippen molar-refractivity contribution >= 4 is 46.1 Å². The standard InChI is InChI=1S/C10H8Cl3N3S/c1-2-3-5-7(12)15-9(16-8(5)13)10-14-4-6(11)17-10/h4H,2-3H2,1H3. The summed E-state index contributed by atoms with van der Waals surface area (Å²) in [5.41, 5.74) is 0.780. The van der Waals surface area contributed by atoms with Crippen LogP contribution in [-0.2, 0) is 6.42 Å². The first-order valence-corrected chi connectivity index (χ1v) is 6.90. The van der Waals surface area contributed by atoms with Crippen molar-refractivity contribution in [2.45, 2.75) is 19.8 Å². The van der Waals surface area contributed by atoms with E-state index in [4.69, 9.17) is 34.8 Å². The van der Waals surface area contributed by atoms with E-state index in [2.05, 4.69) is 15.0 Å². The molecule has 0 N–H and O–H groups in total. The highest BCUT2D eigenvalue weighted by molar-refractivity contribution is 7.18. The zero-order valence-corrected chi connectivity index (χ0v) is 12.0. The summed E-state index contributed by atoms with van der Waals surface area (Å²) < 4.78 is 0.577. The minimum absolute atomic E-state index is 0.383. The molecule has 0 bridgehead atoms. The Bertz CT molecular complexity index is 518. The fraction of sp³-hybridized carbons (Fsp3) is 0.300. The summed E-state index contributed by atoms with van der Waals surface area (Å²) in [5, 5.41) is 1.38. The summed E-state index contributed by atoms with van der Waals surface area (Å²) in [6, 6.07) is 0. The molecule has 90 valence electrons. The molecule has 0 aliphatic heterocycles. The van der Waals surface area contributed by atoms with Crippen molar-refractivity contribution in [2.75, 3.05) is 0 Å². The molecule has 0 fully saturated rings. The Morgan fingerprint density at radius 2 is 1.82 bits per heavy atom. The van der Waals surface area contributed by atoms with Gasteiger partial charge in [-0.15, -0.1) is 0 Å². The Labute approximate surface area is 118 Å². The Kier molecular flexibility index (Phi) is 4.20. The Hall–Kier alpha value is -0.420. The molecule has 0 unspecified atom stereocenters. The topological polar surface area (TPSA) is 38.7 Å². The van der Waals surface area contributed by atoms with E-state index in [0.717, 1.165) is 18.4 Å². The van der Waals surface area contributed by atoms with Gasteiger partial charge >= 0.3 is 0 Å². The van der Waals surface area contributed by atoms with Crippen LogP contribution in [-0.4, -0.2) is 15.0 Å². The first-order valence-electron chi connectivity index (χ1n) is 4.95. The Morgan fingerprint density at radius 1 is 1.18 bits per heavy atom. The number of thiazole rings is 1. The Morgan fingerprint density at radius 3 is 2.29 bits per heavy atom. The monoisotopic (exact) mass is 307 g/mol. The summed E-state index contributed by atoms with van der Waals surface area (Å²) in [4.78, 5) is 12.5. The summed E-state index contributed by atoms with van der Waals surface area (Å²) in [6.07, 6.45) is 3.24. The van der Waals surface area contributed by atoms with Crippen LogP contribution in [0.4, 0.5) is 0 Å². The molecule has 0 atom stereocenters. The number of hydrogen-bond acceptors (Lipinski definition) is 4. The molecule has 0 aliphatic carbocycles. The molecule has 2 aromatic rings. The Balaban J connectivity index is 2.45. The maximum absolute atomic E-state index is 6.08. The van der Waals surface area contributed by atoms with E-state index >= 15 is 0 Å². The van der Waals surface area contributed by atoms with Gasteiger partial charge in [-0.05, 0) is 6.42 Å². The van der Waals surface area contributed by atoms with Gasteiger partial charge in [0.15, 0.2) is 10.8 Å². The van der Waals surface area contributed by atoms with E-state index in [1.165, 1.54) is 11.3 Å². The van der Waals surface area contributed by atoms with Crippen molar-refractivity contribution in [3.8, 4) is 10.8 Å². The predicted octanol–water partition coefficient (Wildman–Crippen LogP) is 4.51. The van der Waals surface area contributed by atoms with Crippen molar-refractivity contribution < 1.29 is 0 Å². The first kappa shape index (κ1) is 13.0. The van der Waals surface area contributed by atoms with Gasteiger partial charge in [-0.3, -0.25) is 0 Å². The minimum atomic E-state index is 0.383. The third-order valence-electron chi connectivity index (χ3n) is 2.07. The average molecular weight is 309 g/mol. The van der Waals surface area contributed by atoms with Crippen molar-refractivity contribution in [1.82, 2.24) is 15.0 Å². The van der Waals surface area contributed by atoms with Gasteiger partial charge in [0, 0.05) is 5.56 Å². The summed E-state index contributed by atoms with van der Waals surface area (Å²) >= 11 is 19.3. The molecule has 2 heterocycles. The number of rotatable bonds is 3. The molecule has 0 aliphatic rings. The van der Waals surface area contributed by atoms with Gasteiger partial charge in [0.2, 0.25) is 0 Å². The van der Waals surface area contributed by atoms with E-state index in [-0.39, 0.29) is 0 Å². The quantitative estimate of drug-likeness (QED) is 0.783. The lowest BCUT2D eigenvalue weighted by Crippen LogP contribution is -1.97. The van der Waals surface area contributed by atoms with Crippen LogP contribution in [0.5, 0.6) is 0 Å². The summed E-state index contributed by atoms with van der Waals surface area (Å²) in [7, 11) is 0. The lowest BCUT2D eigenvalue weighted by molar-refractivity contribution is 0.902. The van der Waals surface area contributed by atoms with E-state index in [1.54, 1.807) is 6.20 Å². The van der Waals surface area contributed by atoms with Crippen molar-refractivity contribution in [1.29, 1.82) is 0 Å². The molecule has 0 saturated carbocycles. The molecular formula is C10H8Cl3N3S. The molecule has 0 aromatic carbocycles. The second-order valence-electron chi connectivity index (χ2n) is 3.33.